The zero-order chi connectivity index (χ0) is 19.9. The van der Waals surface area contributed by atoms with E-state index in [1.807, 2.05) is 19.1 Å². The van der Waals surface area contributed by atoms with Gasteiger partial charge >= 0.3 is 0 Å². The number of amides is 2. The highest BCUT2D eigenvalue weighted by atomic mass is 32.1. The summed E-state index contributed by atoms with van der Waals surface area (Å²) >= 11 is 1.49. The van der Waals surface area contributed by atoms with Crippen LogP contribution in [0.25, 0.3) is 0 Å². The van der Waals surface area contributed by atoms with Gasteiger partial charge in [-0.1, -0.05) is 0 Å². The van der Waals surface area contributed by atoms with Gasteiger partial charge < -0.3 is 15.4 Å². The van der Waals surface area contributed by atoms with Gasteiger partial charge in [-0.25, -0.2) is 4.39 Å². The van der Waals surface area contributed by atoms with Gasteiger partial charge in [0.2, 0.25) is 5.91 Å². The summed E-state index contributed by atoms with van der Waals surface area (Å²) in [7, 11) is 0. The van der Waals surface area contributed by atoms with Gasteiger partial charge in [-0.05, 0) is 69.0 Å². The van der Waals surface area contributed by atoms with E-state index in [1.165, 1.54) is 23.5 Å². The number of carbonyl (C=O) groups is 2. The van der Waals surface area contributed by atoms with Crippen molar-refractivity contribution >= 4 is 23.2 Å². The second kappa shape index (κ2) is 9.68. The summed E-state index contributed by atoms with van der Waals surface area (Å²) in [5, 5.41) is 5.97. The Labute approximate surface area is 168 Å². The van der Waals surface area contributed by atoms with Gasteiger partial charge in [0.15, 0.2) is 0 Å². The van der Waals surface area contributed by atoms with Crippen LogP contribution in [0.4, 0.5) is 4.39 Å². The molecule has 1 aliphatic rings. The van der Waals surface area contributed by atoms with E-state index in [1.54, 1.807) is 12.1 Å². The van der Waals surface area contributed by atoms with Gasteiger partial charge in [-0.2, -0.15) is 0 Å². The van der Waals surface area contributed by atoms with Crippen molar-refractivity contribution in [2.75, 3.05) is 13.2 Å². The zero-order valence-corrected chi connectivity index (χ0v) is 16.7. The topological polar surface area (TPSA) is 67.4 Å². The van der Waals surface area contributed by atoms with Gasteiger partial charge in [-0.3, -0.25) is 9.59 Å². The molecule has 7 heteroatoms. The molecule has 150 valence electrons. The smallest absolute Gasteiger partial charge is 0.261 e. The monoisotopic (exact) mass is 404 g/mol. The molecule has 0 radical (unpaired) electrons. The molecule has 28 heavy (non-hydrogen) atoms. The summed E-state index contributed by atoms with van der Waals surface area (Å²) in [6.45, 7) is 2.73. The van der Waals surface area contributed by atoms with E-state index in [2.05, 4.69) is 10.6 Å². The number of carbonyl (C=O) groups excluding carboxylic acids is 2. The van der Waals surface area contributed by atoms with Crippen molar-refractivity contribution in [3.05, 3.63) is 52.0 Å². The van der Waals surface area contributed by atoms with E-state index in [9.17, 15) is 14.0 Å². The molecule has 0 atom stereocenters. The van der Waals surface area contributed by atoms with Crippen molar-refractivity contribution in [1.82, 2.24) is 10.6 Å². The number of ether oxygens (including phenoxy) is 1. The van der Waals surface area contributed by atoms with Gasteiger partial charge in [-0.15, -0.1) is 11.3 Å². The lowest BCUT2D eigenvalue weighted by Crippen LogP contribution is -2.41. The highest BCUT2D eigenvalue weighted by Crippen LogP contribution is 2.25. The summed E-state index contributed by atoms with van der Waals surface area (Å²) in [4.78, 5) is 26.4. The number of rotatable bonds is 7. The molecule has 2 amide bonds. The minimum Gasteiger partial charge on any atom is -0.492 e. The third-order valence-corrected chi connectivity index (χ3v) is 5.88. The van der Waals surface area contributed by atoms with Crippen LogP contribution < -0.4 is 15.4 Å². The Morgan fingerprint density at radius 2 is 1.82 bits per heavy atom. The van der Waals surface area contributed by atoms with Gasteiger partial charge in [0.1, 0.15) is 18.2 Å². The summed E-state index contributed by atoms with van der Waals surface area (Å²) in [5.41, 5.74) is 0. The van der Waals surface area contributed by atoms with Crippen molar-refractivity contribution in [3.63, 3.8) is 0 Å². The molecular formula is C21H25FN2O3S. The van der Waals surface area contributed by atoms with Crippen LogP contribution in [-0.4, -0.2) is 31.0 Å². The predicted molar refractivity (Wildman–Crippen MR) is 107 cm³/mol. The molecule has 3 rings (SSSR count). The molecule has 5 nitrogen and oxygen atoms in total. The largest absolute Gasteiger partial charge is 0.492 e. The molecule has 1 saturated carbocycles. The first-order valence-corrected chi connectivity index (χ1v) is 10.4. The third-order valence-electron chi connectivity index (χ3n) is 4.88. The number of hydrogen-bond donors (Lipinski definition) is 2. The minimum atomic E-state index is -0.307. The Morgan fingerprint density at radius 1 is 1.11 bits per heavy atom. The minimum absolute atomic E-state index is 0.0241. The maximum atomic E-state index is 12.8. The molecule has 1 aromatic carbocycles. The second-order valence-corrected chi connectivity index (χ2v) is 8.31. The predicted octanol–water partition coefficient (Wildman–Crippen LogP) is 3.68. The maximum absolute atomic E-state index is 12.8. The van der Waals surface area contributed by atoms with E-state index in [4.69, 9.17) is 4.74 Å². The second-order valence-electron chi connectivity index (χ2n) is 7.03. The summed E-state index contributed by atoms with van der Waals surface area (Å²) in [6, 6.07) is 9.72. The fourth-order valence-electron chi connectivity index (χ4n) is 3.33. The number of aryl methyl sites for hydroxylation is 1. The number of hydrogen-bond acceptors (Lipinski definition) is 4. The van der Waals surface area contributed by atoms with E-state index >= 15 is 0 Å². The molecule has 1 aromatic heterocycles. The highest BCUT2D eigenvalue weighted by Gasteiger charge is 2.27. The van der Waals surface area contributed by atoms with Gasteiger partial charge in [0, 0.05) is 16.8 Å². The van der Waals surface area contributed by atoms with Gasteiger partial charge in [0.05, 0.1) is 11.4 Å². The van der Waals surface area contributed by atoms with Crippen LogP contribution in [0.2, 0.25) is 0 Å². The van der Waals surface area contributed by atoms with Crippen LogP contribution in [0.1, 0.15) is 40.2 Å². The fourth-order valence-corrected chi connectivity index (χ4v) is 4.10. The molecule has 1 fully saturated rings. The molecule has 0 unspecified atom stereocenters. The Bertz CT molecular complexity index is 798. The van der Waals surface area contributed by atoms with Crippen molar-refractivity contribution < 1.29 is 18.7 Å². The van der Waals surface area contributed by atoms with Gasteiger partial charge in [0.25, 0.3) is 5.91 Å². The lowest BCUT2D eigenvalue weighted by atomic mass is 9.85. The molecule has 0 bridgehead atoms. The fraction of sp³-hybridized carbons (Fsp3) is 0.429. The Morgan fingerprint density at radius 3 is 2.46 bits per heavy atom. The van der Waals surface area contributed by atoms with Crippen LogP contribution in [0.5, 0.6) is 5.75 Å². The van der Waals surface area contributed by atoms with Crippen molar-refractivity contribution in [1.29, 1.82) is 0 Å². The SMILES string of the molecule is Cc1ccc(C(=O)NC2CCC(C(=O)NCCOc3ccc(F)cc3)CC2)s1. The Balaban J connectivity index is 1.33. The lowest BCUT2D eigenvalue weighted by molar-refractivity contribution is -0.126. The van der Waals surface area contributed by atoms with Crippen molar-refractivity contribution in [2.24, 2.45) is 5.92 Å². The van der Waals surface area contributed by atoms with Crippen LogP contribution >= 0.6 is 11.3 Å². The van der Waals surface area contributed by atoms with E-state index < -0.39 is 0 Å². The molecule has 0 saturated heterocycles. The highest BCUT2D eigenvalue weighted by molar-refractivity contribution is 7.13. The molecular weight excluding hydrogens is 379 g/mol. The molecule has 2 N–H and O–H groups in total. The standard InChI is InChI=1S/C21H25FN2O3S/c1-14-2-11-19(28-14)21(26)24-17-7-3-15(4-8-17)20(25)23-12-13-27-18-9-5-16(22)6-10-18/h2,5-6,9-11,15,17H,3-4,7-8,12-13H2,1H3,(H,23,25)(H,24,26). The lowest BCUT2D eigenvalue weighted by Gasteiger charge is -2.28. The molecule has 1 heterocycles. The van der Waals surface area contributed by atoms with E-state index in [0.717, 1.165) is 35.4 Å². The van der Waals surface area contributed by atoms with Crippen LogP contribution in [0.15, 0.2) is 36.4 Å². The Kier molecular flexibility index (Phi) is 7.03. The normalized spacial score (nSPS) is 19.1. The average Bonchev–Trinajstić information content (AvgIpc) is 3.13. The first-order valence-electron chi connectivity index (χ1n) is 9.54. The quantitative estimate of drug-likeness (QED) is 0.692. The molecule has 2 aromatic rings. The Hall–Kier alpha value is -2.41. The van der Waals surface area contributed by atoms with Crippen LogP contribution in [0.3, 0.4) is 0 Å². The van der Waals surface area contributed by atoms with Crippen molar-refractivity contribution in [2.45, 2.75) is 38.6 Å². The number of halogens is 1. The first kappa shape index (κ1) is 20.3. The summed E-state index contributed by atoms with van der Waals surface area (Å²) in [5.74, 6) is 0.249. The first-order chi connectivity index (χ1) is 13.5. The third kappa shape index (κ3) is 5.79. The van der Waals surface area contributed by atoms with Crippen LogP contribution in [-0.2, 0) is 4.79 Å². The average molecular weight is 405 g/mol. The van der Waals surface area contributed by atoms with E-state index in [-0.39, 0.29) is 29.6 Å². The van der Waals surface area contributed by atoms with Crippen LogP contribution in [0, 0.1) is 18.7 Å². The molecule has 1 aliphatic carbocycles. The summed E-state index contributed by atoms with van der Waals surface area (Å²) in [6.07, 6.45) is 3.14. The number of benzene rings is 1. The summed E-state index contributed by atoms with van der Waals surface area (Å²) < 4.78 is 18.3. The van der Waals surface area contributed by atoms with E-state index in [0.29, 0.717) is 18.9 Å². The number of nitrogens with one attached hydrogen (secondary N) is 2. The molecule has 0 aliphatic heterocycles. The zero-order valence-electron chi connectivity index (χ0n) is 15.9. The molecule has 0 spiro atoms. The van der Waals surface area contributed by atoms with Crippen molar-refractivity contribution in [3.8, 4) is 5.75 Å². The maximum Gasteiger partial charge on any atom is 0.261 e. The number of thiophene rings is 1.